The summed E-state index contributed by atoms with van der Waals surface area (Å²) in [4.78, 5) is 4.34. The number of hydrogen-bond donors (Lipinski definition) is 0. The lowest BCUT2D eigenvalue weighted by Gasteiger charge is -2.03. The summed E-state index contributed by atoms with van der Waals surface area (Å²) in [5, 5.41) is 3.85. The van der Waals surface area contributed by atoms with Crippen LogP contribution in [-0.4, -0.2) is 25.7 Å². The number of methoxy groups -OCH3 is 1. The predicted octanol–water partition coefficient (Wildman–Crippen LogP) is 3.48. The van der Waals surface area contributed by atoms with Crippen molar-refractivity contribution < 1.29 is 17.7 Å². The monoisotopic (exact) mass is 408 g/mol. The van der Waals surface area contributed by atoms with E-state index in [1.165, 1.54) is 19.2 Å². The standard InChI is InChI=1S/C16H13BrN2O4S/c1-22-11-6-8-12(9-7-11)24(20,21)10-15-18-16(19-23-15)13-4-2-3-5-14(13)17/h2-9H,10H2,1H3. The molecule has 0 unspecified atom stereocenters. The summed E-state index contributed by atoms with van der Waals surface area (Å²) >= 11 is 3.40. The molecule has 0 aliphatic carbocycles. The molecule has 3 rings (SSSR count). The van der Waals surface area contributed by atoms with Gasteiger partial charge in [0.2, 0.25) is 11.7 Å². The van der Waals surface area contributed by atoms with Crippen molar-refractivity contribution >= 4 is 25.8 Å². The van der Waals surface area contributed by atoms with Gasteiger partial charge in [-0.25, -0.2) is 8.42 Å². The molecule has 0 N–H and O–H groups in total. The highest BCUT2D eigenvalue weighted by Gasteiger charge is 2.20. The van der Waals surface area contributed by atoms with Gasteiger partial charge in [0.15, 0.2) is 9.84 Å². The Labute approximate surface area is 147 Å². The lowest BCUT2D eigenvalue weighted by molar-refractivity contribution is 0.389. The van der Waals surface area contributed by atoms with Crippen LogP contribution >= 0.6 is 15.9 Å². The van der Waals surface area contributed by atoms with Crippen LogP contribution in [0.5, 0.6) is 5.75 Å². The van der Waals surface area contributed by atoms with E-state index < -0.39 is 9.84 Å². The molecule has 0 fully saturated rings. The quantitative estimate of drug-likeness (QED) is 0.642. The highest BCUT2D eigenvalue weighted by atomic mass is 79.9. The highest BCUT2D eigenvalue weighted by Crippen LogP contribution is 2.26. The molecule has 0 saturated heterocycles. The molecule has 0 aliphatic heterocycles. The van der Waals surface area contributed by atoms with Gasteiger partial charge in [-0.3, -0.25) is 0 Å². The molecule has 0 amide bonds. The van der Waals surface area contributed by atoms with E-state index >= 15 is 0 Å². The van der Waals surface area contributed by atoms with Crippen LogP contribution < -0.4 is 4.74 Å². The van der Waals surface area contributed by atoms with Crippen molar-refractivity contribution in [2.24, 2.45) is 0 Å². The van der Waals surface area contributed by atoms with Crippen LogP contribution in [-0.2, 0) is 15.6 Å². The van der Waals surface area contributed by atoms with Gasteiger partial charge in [-0.05, 0) is 36.4 Å². The molecule has 24 heavy (non-hydrogen) atoms. The number of nitrogens with zero attached hydrogens (tertiary/aromatic N) is 2. The second-order valence-corrected chi connectivity index (χ2v) is 7.77. The summed E-state index contributed by atoms with van der Waals surface area (Å²) in [5.41, 5.74) is 0.731. The minimum absolute atomic E-state index is 0.0385. The van der Waals surface area contributed by atoms with Crippen LogP contribution in [0.15, 0.2) is 62.4 Å². The van der Waals surface area contributed by atoms with E-state index in [0.717, 1.165) is 10.0 Å². The molecule has 0 radical (unpaired) electrons. The average molecular weight is 409 g/mol. The van der Waals surface area contributed by atoms with E-state index in [0.29, 0.717) is 11.6 Å². The number of halogens is 1. The Kier molecular flexibility index (Phi) is 4.68. The first-order valence-electron chi connectivity index (χ1n) is 6.94. The van der Waals surface area contributed by atoms with Gasteiger partial charge in [0.1, 0.15) is 11.5 Å². The Bertz CT molecular complexity index is 952. The Hall–Kier alpha value is -2.19. The van der Waals surface area contributed by atoms with Crippen molar-refractivity contribution in [1.29, 1.82) is 0 Å². The third kappa shape index (κ3) is 3.49. The van der Waals surface area contributed by atoms with Gasteiger partial charge in [-0.15, -0.1) is 0 Å². The summed E-state index contributed by atoms with van der Waals surface area (Å²) in [6.07, 6.45) is 0. The van der Waals surface area contributed by atoms with E-state index in [1.54, 1.807) is 12.1 Å². The first kappa shape index (κ1) is 16.7. The number of benzene rings is 2. The zero-order valence-corrected chi connectivity index (χ0v) is 15.0. The fourth-order valence-electron chi connectivity index (χ4n) is 2.09. The summed E-state index contributed by atoms with van der Waals surface area (Å²) in [7, 11) is -2.06. The summed E-state index contributed by atoms with van der Waals surface area (Å²) in [5.74, 6) is 0.596. The lowest BCUT2D eigenvalue weighted by atomic mass is 10.2. The molecule has 0 spiro atoms. The van der Waals surface area contributed by atoms with Gasteiger partial charge in [0.25, 0.3) is 0 Å². The Morgan fingerprint density at radius 1 is 1.12 bits per heavy atom. The smallest absolute Gasteiger partial charge is 0.242 e. The van der Waals surface area contributed by atoms with E-state index in [9.17, 15) is 8.42 Å². The molecule has 0 bridgehead atoms. The van der Waals surface area contributed by atoms with Gasteiger partial charge in [0.05, 0.1) is 12.0 Å². The van der Waals surface area contributed by atoms with Crippen LogP contribution in [0, 0.1) is 0 Å². The maximum Gasteiger partial charge on any atom is 0.242 e. The molecule has 1 aromatic heterocycles. The van der Waals surface area contributed by atoms with Gasteiger partial charge < -0.3 is 9.26 Å². The van der Waals surface area contributed by atoms with E-state index in [2.05, 4.69) is 26.1 Å². The summed E-state index contributed by atoms with van der Waals surface area (Å²) in [6, 6.07) is 13.5. The maximum atomic E-state index is 12.4. The molecule has 1 heterocycles. The highest BCUT2D eigenvalue weighted by molar-refractivity contribution is 9.10. The molecule has 2 aromatic carbocycles. The topological polar surface area (TPSA) is 82.3 Å². The van der Waals surface area contributed by atoms with Crippen molar-refractivity contribution in [3.8, 4) is 17.1 Å². The fraction of sp³-hybridized carbons (Fsp3) is 0.125. The first-order valence-corrected chi connectivity index (χ1v) is 9.38. The SMILES string of the molecule is COc1ccc(S(=O)(=O)Cc2nc(-c3ccccc3Br)no2)cc1. The van der Waals surface area contributed by atoms with E-state index in [1.807, 2.05) is 24.3 Å². The second-order valence-electron chi connectivity index (χ2n) is 4.93. The van der Waals surface area contributed by atoms with Crippen LogP contribution in [0.3, 0.4) is 0 Å². The average Bonchev–Trinajstić information content (AvgIpc) is 3.03. The Balaban J connectivity index is 1.84. The fourth-order valence-corrected chi connectivity index (χ4v) is 3.72. The zero-order chi connectivity index (χ0) is 17.2. The van der Waals surface area contributed by atoms with Gasteiger partial charge in [-0.1, -0.05) is 33.2 Å². The van der Waals surface area contributed by atoms with Crippen molar-refractivity contribution in [2.75, 3.05) is 7.11 Å². The van der Waals surface area contributed by atoms with Gasteiger partial charge >= 0.3 is 0 Å². The van der Waals surface area contributed by atoms with E-state index in [4.69, 9.17) is 9.26 Å². The normalized spacial score (nSPS) is 11.4. The van der Waals surface area contributed by atoms with Gasteiger partial charge in [-0.2, -0.15) is 4.98 Å². The zero-order valence-electron chi connectivity index (χ0n) is 12.6. The van der Waals surface area contributed by atoms with Crippen LogP contribution in [0.4, 0.5) is 0 Å². The molecule has 0 aliphatic rings. The van der Waals surface area contributed by atoms with Crippen molar-refractivity contribution in [1.82, 2.24) is 10.1 Å². The first-order chi connectivity index (χ1) is 11.5. The minimum atomic E-state index is -3.58. The third-order valence-electron chi connectivity index (χ3n) is 3.31. The van der Waals surface area contributed by atoms with Crippen LogP contribution in [0.25, 0.3) is 11.4 Å². The Morgan fingerprint density at radius 2 is 1.83 bits per heavy atom. The van der Waals surface area contributed by atoms with Crippen molar-refractivity contribution in [3.63, 3.8) is 0 Å². The molecule has 0 saturated carbocycles. The Morgan fingerprint density at radius 3 is 2.50 bits per heavy atom. The second kappa shape index (κ2) is 6.74. The van der Waals surface area contributed by atoms with Crippen molar-refractivity contribution in [3.05, 3.63) is 58.9 Å². The molecular weight excluding hydrogens is 396 g/mol. The molecule has 0 atom stereocenters. The number of ether oxygens (including phenoxy) is 1. The predicted molar refractivity (Wildman–Crippen MR) is 91.3 cm³/mol. The molecule has 6 nitrogen and oxygen atoms in total. The largest absolute Gasteiger partial charge is 0.497 e. The maximum absolute atomic E-state index is 12.4. The third-order valence-corrected chi connectivity index (χ3v) is 5.62. The molecular formula is C16H13BrN2O4S. The lowest BCUT2D eigenvalue weighted by Crippen LogP contribution is -2.05. The molecule has 8 heteroatoms. The van der Waals surface area contributed by atoms with Crippen molar-refractivity contribution in [2.45, 2.75) is 10.6 Å². The van der Waals surface area contributed by atoms with Gasteiger partial charge in [0, 0.05) is 10.0 Å². The van der Waals surface area contributed by atoms with E-state index in [-0.39, 0.29) is 16.5 Å². The summed E-state index contributed by atoms with van der Waals surface area (Å²) < 4.78 is 35.8. The number of hydrogen-bond acceptors (Lipinski definition) is 6. The molecule has 3 aromatic rings. The number of rotatable bonds is 5. The number of aromatic nitrogens is 2. The van der Waals surface area contributed by atoms with Crippen LogP contribution in [0.2, 0.25) is 0 Å². The summed E-state index contributed by atoms with van der Waals surface area (Å²) in [6.45, 7) is 0. The molecule has 124 valence electrons. The number of sulfone groups is 1. The minimum Gasteiger partial charge on any atom is -0.497 e. The van der Waals surface area contributed by atoms with Crippen LogP contribution in [0.1, 0.15) is 5.89 Å².